The van der Waals surface area contributed by atoms with Gasteiger partial charge in [0, 0.05) is 33.8 Å². The molecule has 0 fully saturated rings. The number of benzene rings is 2. The average molecular weight is 318 g/mol. The van der Waals surface area contributed by atoms with Crippen LogP contribution >= 0.6 is 0 Å². The van der Waals surface area contributed by atoms with E-state index in [2.05, 4.69) is 36.1 Å². The molecule has 1 aromatic heterocycles. The molecule has 4 rings (SSSR count). The van der Waals surface area contributed by atoms with Gasteiger partial charge >= 0.3 is 0 Å². The zero-order valence-corrected chi connectivity index (χ0v) is 14.2. The lowest BCUT2D eigenvalue weighted by Crippen LogP contribution is -2.33. The number of nitrogens with one attached hydrogen (secondary N) is 1. The quantitative estimate of drug-likeness (QED) is 0.745. The van der Waals surface area contributed by atoms with Crippen molar-refractivity contribution in [1.82, 2.24) is 9.88 Å². The molecule has 1 heterocycles. The Labute approximate surface area is 142 Å². The highest BCUT2D eigenvalue weighted by atomic mass is 16.1. The lowest BCUT2D eigenvalue weighted by Gasteiger charge is -2.28. The first kappa shape index (κ1) is 15.2. The number of likely N-dealkylation sites (N-methyl/N-ethyl adjacent to an activating group) is 1. The zero-order chi connectivity index (χ0) is 16.7. The van der Waals surface area contributed by atoms with Crippen molar-refractivity contribution in [3.8, 4) is 0 Å². The number of ketones is 1. The molecule has 0 amide bonds. The molecule has 0 saturated carbocycles. The molecule has 2 aromatic carbocycles. The van der Waals surface area contributed by atoms with Gasteiger partial charge in [-0.25, -0.2) is 0 Å². The molecule has 24 heavy (non-hydrogen) atoms. The Morgan fingerprint density at radius 2 is 1.88 bits per heavy atom. The van der Waals surface area contributed by atoms with Gasteiger partial charge in [0.2, 0.25) is 0 Å². The number of aromatic amines is 1. The first-order valence-electron chi connectivity index (χ1n) is 8.53. The topological polar surface area (TPSA) is 36.1 Å². The first-order valence-corrected chi connectivity index (χ1v) is 8.53. The number of carbonyl (C=O) groups excluding carboxylic acids is 1. The van der Waals surface area contributed by atoms with Crippen molar-refractivity contribution in [1.29, 1.82) is 0 Å². The van der Waals surface area contributed by atoms with E-state index in [4.69, 9.17) is 0 Å². The number of hydrogen-bond donors (Lipinski definition) is 1. The molecule has 0 saturated heterocycles. The van der Waals surface area contributed by atoms with E-state index in [0.717, 1.165) is 29.5 Å². The molecule has 3 heteroatoms. The smallest absolute Gasteiger partial charge is 0.193 e. The van der Waals surface area contributed by atoms with Crippen molar-refractivity contribution in [3.63, 3.8) is 0 Å². The van der Waals surface area contributed by atoms with Crippen LogP contribution in [-0.2, 0) is 12.8 Å². The minimum Gasteiger partial charge on any atom is -0.358 e. The minimum atomic E-state index is 0.0902. The maximum Gasteiger partial charge on any atom is 0.193 e. The molecular formula is C21H22N2O. The molecule has 0 bridgehead atoms. The number of aromatic nitrogens is 1. The van der Waals surface area contributed by atoms with Crippen LogP contribution in [0.2, 0.25) is 0 Å². The van der Waals surface area contributed by atoms with Gasteiger partial charge in [-0.15, -0.1) is 0 Å². The number of aryl methyl sites for hydroxylation is 1. The molecular weight excluding hydrogens is 296 g/mol. The van der Waals surface area contributed by atoms with E-state index in [1.54, 1.807) is 0 Å². The number of carbonyl (C=O) groups is 1. The highest BCUT2D eigenvalue weighted by Crippen LogP contribution is 2.31. The molecule has 3 nitrogen and oxygen atoms in total. The van der Waals surface area contributed by atoms with E-state index in [9.17, 15) is 4.79 Å². The number of fused-ring (bicyclic) bond motifs is 3. The summed E-state index contributed by atoms with van der Waals surface area (Å²) in [6.45, 7) is 0. The second kappa shape index (κ2) is 5.91. The Kier molecular flexibility index (Phi) is 3.73. The Hall–Kier alpha value is -2.39. The molecule has 3 aromatic rings. The van der Waals surface area contributed by atoms with Crippen LogP contribution in [-0.4, -0.2) is 35.8 Å². The van der Waals surface area contributed by atoms with Crippen LogP contribution in [0.5, 0.6) is 0 Å². The molecule has 1 aliphatic carbocycles. The summed E-state index contributed by atoms with van der Waals surface area (Å²) < 4.78 is 0. The minimum absolute atomic E-state index is 0.0902. The molecule has 122 valence electrons. The normalized spacial score (nSPS) is 17.2. The van der Waals surface area contributed by atoms with Gasteiger partial charge in [0.1, 0.15) is 0 Å². The number of rotatable bonds is 3. The monoisotopic (exact) mass is 318 g/mol. The van der Waals surface area contributed by atoms with Crippen molar-refractivity contribution in [2.24, 2.45) is 0 Å². The summed E-state index contributed by atoms with van der Waals surface area (Å²) >= 11 is 0. The van der Waals surface area contributed by atoms with Crippen LogP contribution in [0.3, 0.4) is 0 Å². The van der Waals surface area contributed by atoms with Crippen LogP contribution in [0, 0.1) is 0 Å². The van der Waals surface area contributed by atoms with E-state index in [1.165, 1.54) is 23.1 Å². The molecule has 1 aliphatic rings. The molecule has 1 N–H and O–H groups in total. The van der Waals surface area contributed by atoms with Crippen molar-refractivity contribution >= 4 is 16.7 Å². The highest BCUT2D eigenvalue weighted by Gasteiger charge is 2.24. The zero-order valence-electron chi connectivity index (χ0n) is 14.2. The fourth-order valence-electron chi connectivity index (χ4n) is 3.74. The lowest BCUT2D eigenvalue weighted by atomic mass is 9.90. The van der Waals surface area contributed by atoms with Crippen LogP contribution in [0.4, 0.5) is 0 Å². The third-order valence-electron chi connectivity index (χ3n) is 5.19. The number of H-pyrrole nitrogens is 1. The second-order valence-electron chi connectivity index (χ2n) is 6.90. The second-order valence-corrected chi connectivity index (χ2v) is 6.90. The van der Waals surface area contributed by atoms with Gasteiger partial charge in [0.25, 0.3) is 0 Å². The van der Waals surface area contributed by atoms with Gasteiger partial charge < -0.3 is 9.88 Å². The summed E-state index contributed by atoms with van der Waals surface area (Å²) in [5.41, 5.74) is 5.38. The van der Waals surface area contributed by atoms with Gasteiger partial charge in [0.15, 0.2) is 5.78 Å². The Morgan fingerprint density at radius 3 is 2.62 bits per heavy atom. The largest absolute Gasteiger partial charge is 0.358 e. The summed E-state index contributed by atoms with van der Waals surface area (Å²) in [7, 11) is 4.30. The summed E-state index contributed by atoms with van der Waals surface area (Å²) in [6, 6.07) is 16.1. The molecule has 1 atom stereocenters. The maximum atomic E-state index is 12.7. The number of hydrogen-bond acceptors (Lipinski definition) is 2. The molecule has 0 spiro atoms. The first-order chi connectivity index (χ1) is 11.6. The van der Waals surface area contributed by atoms with E-state index in [-0.39, 0.29) is 5.78 Å². The van der Waals surface area contributed by atoms with Crippen molar-refractivity contribution < 1.29 is 4.79 Å². The summed E-state index contributed by atoms with van der Waals surface area (Å²) in [5, 5.41) is 1.21. The van der Waals surface area contributed by atoms with Gasteiger partial charge in [-0.2, -0.15) is 0 Å². The van der Waals surface area contributed by atoms with Crippen molar-refractivity contribution in [2.45, 2.75) is 25.3 Å². The molecule has 1 unspecified atom stereocenters. The highest BCUT2D eigenvalue weighted by molar-refractivity contribution is 6.10. The standard InChI is InChI=1S/C21H22N2O/c1-23(2)16-9-11-20-18(13-16)17-12-15(8-10-19(17)22-20)21(24)14-6-4-3-5-7-14/h3-8,10,12,16,22H,9,11,13H2,1-2H3. The SMILES string of the molecule is CN(C)C1CCc2[nH]c3ccc(C(=O)c4ccccc4)cc3c2C1. The van der Waals surface area contributed by atoms with Crippen LogP contribution in [0.15, 0.2) is 48.5 Å². The molecule has 0 aliphatic heterocycles. The molecule has 0 radical (unpaired) electrons. The van der Waals surface area contributed by atoms with Crippen LogP contribution < -0.4 is 0 Å². The van der Waals surface area contributed by atoms with E-state index < -0.39 is 0 Å². The Bertz CT molecular complexity index is 893. The summed E-state index contributed by atoms with van der Waals surface area (Å²) in [4.78, 5) is 18.6. The summed E-state index contributed by atoms with van der Waals surface area (Å²) in [6.07, 6.45) is 3.31. The van der Waals surface area contributed by atoms with E-state index in [0.29, 0.717) is 6.04 Å². The van der Waals surface area contributed by atoms with E-state index >= 15 is 0 Å². The maximum absolute atomic E-state index is 12.7. The van der Waals surface area contributed by atoms with Crippen LogP contribution in [0.1, 0.15) is 33.6 Å². The van der Waals surface area contributed by atoms with Gasteiger partial charge in [0.05, 0.1) is 0 Å². The number of nitrogens with zero attached hydrogens (tertiary/aromatic N) is 1. The Balaban J connectivity index is 1.76. The fourth-order valence-corrected chi connectivity index (χ4v) is 3.74. The van der Waals surface area contributed by atoms with Crippen molar-refractivity contribution in [3.05, 3.63) is 70.9 Å². The van der Waals surface area contributed by atoms with Gasteiger partial charge in [-0.05, 0) is 57.1 Å². The Morgan fingerprint density at radius 1 is 1.08 bits per heavy atom. The lowest BCUT2D eigenvalue weighted by molar-refractivity contribution is 0.103. The predicted octanol–water partition coefficient (Wildman–Crippen LogP) is 3.82. The van der Waals surface area contributed by atoms with E-state index in [1.807, 2.05) is 36.4 Å². The van der Waals surface area contributed by atoms with Crippen molar-refractivity contribution in [2.75, 3.05) is 14.1 Å². The average Bonchev–Trinajstić information content (AvgIpc) is 2.98. The predicted molar refractivity (Wildman–Crippen MR) is 97.7 cm³/mol. The van der Waals surface area contributed by atoms with Crippen LogP contribution in [0.25, 0.3) is 10.9 Å². The fraction of sp³-hybridized carbons (Fsp3) is 0.286. The third-order valence-corrected chi connectivity index (χ3v) is 5.19. The van der Waals surface area contributed by atoms with Gasteiger partial charge in [-0.1, -0.05) is 30.3 Å². The third kappa shape index (κ3) is 2.55. The van der Waals surface area contributed by atoms with Gasteiger partial charge in [-0.3, -0.25) is 4.79 Å². The summed E-state index contributed by atoms with van der Waals surface area (Å²) in [5.74, 6) is 0.0902.